The summed E-state index contributed by atoms with van der Waals surface area (Å²) in [6.07, 6.45) is 3.92. The van der Waals surface area contributed by atoms with Crippen LogP contribution < -0.4 is 15.0 Å². The average Bonchev–Trinajstić information content (AvgIpc) is 3.45. The number of anilines is 1. The molecule has 5 nitrogen and oxygen atoms in total. The van der Waals surface area contributed by atoms with Gasteiger partial charge in [0, 0.05) is 29.5 Å². The van der Waals surface area contributed by atoms with Crippen LogP contribution in [-0.4, -0.2) is 21.3 Å². The molecule has 3 heterocycles. The van der Waals surface area contributed by atoms with Crippen LogP contribution in [0.1, 0.15) is 30.4 Å². The molecule has 4 aromatic rings. The number of pyridine rings is 1. The lowest BCUT2D eigenvalue weighted by molar-refractivity contribution is 0.340. The molecular weight excluding hydrogens is 416 g/mol. The monoisotopic (exact) mass is 440 g/mol. The van der Waals surface area contributed by atoms with Crippen LogP contribution in [0.15, 0.2) is 97.3 Å². The molecule has 0 aliphatic carbocycles. The van der Waals surface area contributed by atoms with Gasteiger partial charge in [0.25, 0.3) is 0 Å². The Bertz CT molecular complexity index is 1190. The molecule has 1 fully saturated rings. The Hall–Kier alpha value is -3.64. The molecule has 0 saturated carbocycles. The predicted molar refractivity (Wildman–Crippen MR) is 131 cm³/mol. The minimum absolute atomic E-state index is 0.0682. The highest BCUT2D eigenvalue weighted by Gasteiger charge is 2.42. The minimum atomic E-state index is -0.0831. The molecule has 32 heavy (non-hydrogen) atoms. The molecule has 1 N–H and O–H groups in total. The van der Waals surface area contributed by atoms with E-state index in [1.54, 1.807) is 0 Å². The third-order valence-electron chi connectivity index (χ3n) is 5.64. The van der Waals surface area contributed by atoms with Crippen LogP contribution in [0.2, 0.25) is 0 Å². The van der Waals surface area contributed by atoms with Gasteiger partial charge in [0.2, 0.25) is 0 Å². The molecule has 0 unspecified atom stereocenters. The van der Waals surface area contributed by atoms with Crippen LogP contribution in [-0.2, 0) is 0 Å². The van der Waals surface area contributed by atoms with Crippen molar-refractivity contribution in [3.05, 3.63) is 109 Å². The lowest BCUT2D eigenvalue weighted by Gasteiger charge is -2.29. The molecular formula is C26H24N4OS. The van der Waals surface area contributed by atoms with Crippen LogP contribution in [0.25, 0.3) is 5.69 Å². The predicted octanol–water partition coefficient (Wildman–Crippen LogP) is 5.45. The van der Waals surface area contributed by atoms with Gasteiger partial charge in [-0.15, -0.1) is 0 Å². The van der Waals surface area contributed by atoms with Gasteiger partial charge < -0.3 is 19.5 Å². The van der Waals surface area contributed by atoms with E-state index in [0.717, 1.165) is 28.5 Å². The number of ether oxygens (including phenoxy) is 1. The highest BCUT2D eigenvalue weighted by Crippen LogP contribution is 2.42. The Kier molecular flexibility index (Phi) is 5.60. The molecule has 2 aromatic carbocycles. The number of hydrogen-bond donors (Lipinski definition) is 1. The molecule has 1 aliphatic rings. The Morgan fingerprint density at radius 1 is 0.906 bits per heavy atom. The molecule has 0 amide bonds. The average molecular weight is 441 g/mol. The standard InChI is InChI=1S/C26H24N4OS/c1-2-31-21-15-13-19(14-16-21)29-18-8-12-23(29)25-24(22-11-6-7-17-27-22)28-26(32)30(25)20-9-4-3-5-10-20/h3-18,24-25H,2H2,1H3,(H,28,32)/t24-,25+/m0/s1. The Labute approximate surface area is 193 Å². The lowest BCUT2D eigenvalue weighted by Crippen LogP contribution is -2.30. The van der Waals surface area contributed by atoms with Crippen molar-refractivity contribution in [2.75, 3.05) is 11.5 Å². The van der Waals surface area contributed by atoms with Gasteiger partial charge in [-0.1, -0.05) is 24.3 Å². The van der Waals surface area contributed by atoms with Crippen LogP contribution in [0, 0.1) is 0 Å². The summed E-state index contributed by atoms with van der Waals surface area (Å²) < 4.78 is 7.83. The summed E-state index contributed by atoms with van der Waals surface area (Å²) in [6.45, 7) is 2.64. The molecule has 2 atom stereocenters. The zero-order chi connectivity index (χ0) is 21.9. The molecule has 2 aromatic heterocycles. The van der Waals surface area contributed by atoms with Gasteiger partial charge in [0.05, 0.1) is 18.3 Å². The SMILES string of the molecule is CCOc1ccc(-n2cccc2[C@@H]2[C@H](c3ccccn3)NC(=S)N2c2ccccc2)cc1. The van der Waals surface area contributed by atoms with Gasteiger partial charge in [-0.05, 0) is 79.8 Å². The maximum atomic E-state index is 5.82. The van der Waals surface area contributed by atoms with Gasteiger partial charge in [-0.25, -0.2) is 0 Å². The van der Waals surface area contributed by atoms with Gasteiger partial charge >= 0.3 is 0 Å². The fourth-order valence-electron chi connectivity index (χ4n) is 4.26. The highest BCUT2D eigenvalue weighted by atomic mass is 32.1. The van der Waals surface area contributed by atoms with E-state index >= 15 is 0 Å². The van der Waals surface area contributed by atoms with Crippen LogP contribution in [0.3, 0.4) is 0 Å². The molecule has 5 rings (SSSR count). The first-order valence-corrected chi connectivity index (χ1v) is 11.1. The Balaban J connectivity index is 1.61. The molecule has 1 aliphatic heterocycles. The topological polar surface area (TPSA) is 42.3 Å². The third-order valence-corrected chi connectivity index (χ3v) is 5.96. The van der Waals surface area contributed by atoms with Gasteiger partial charge in [-0.2, -0.15) is 0 Å². The van der Waals surface area contributed by atoms with E-state index < -0.39 is 0 Å². The number of para-hydroxylation sites is 1. The first kappa shape index (κ1) is 20.3. The summed E-state index contributed by atoms with van der Waals surface area (Å²) in [7, 11) is 0. The van der Waals surface area contributed by atoms with E-state index in [0.29, 0.717) is 11.7 Å². The second-order valence-corrected chi connectivity index (χ2v) is 7.95. The van der Waals surface area contributed by atoms with Crippen LogP contribution in [0.5, 0.6) is 5.75 Å². The number of aromatic nitrogens is 2. The summed E-state index contributed by atoms with van der Waals surface area (Å²) in [5, 5.41) is 4.21. The summed E-state index contributed by atoms with van der Waals surface area (Å²) in [4.78, 5) is 6.83. The number of benzene rings is 2. The fourth-order valence-corrected chi connectivity index (χ4v) is 4.61. The van der Waals surface area contributed by atoms with Gasteiger partial charge in [0.15, 0.2) is 5.11 Å². The van der Waals surface area contributed by atoms with Crippen molar-refractivity contribution < 1.29 is 4.74 Å². The highest BCUT2D eigenvalue weighted by molar-refractivity contribution is 7.80. The largest absolute Gasteiger partial charge is 0.494 e. The minimum Gasteiger partial charge on any atom is -0.494 e. The summed E-state index contributed by atoms with van der Waals surface area (Å²) in [6, 6.07) is 28.5. The molecule has 0 radical (unpaired) electrons. The lowest BCUT2D eigenvalue weighted by atomic mass is 10.0. The zero-order valence-corrected chi connectivity index (χ0v) is 18.6. The number of thiocarbonyl (C=S) groups is 1. The fraction of sp³-hybridized carbons (Fsp3) is 0.154. The molecule has 0 spiro atoms. The van der Waals surface area contributed by atoms with Crippen molar-refractivity contribution in [3.63, 3.8) is 0 Å². The number of rotatable bonds is 6. The van der Waals surface area contributed by atoms with Crippen molar-refractivity contribution in [1.82, 2.24) is 14.9 Å². The number of nitrogens with zero attached hydrogens (tertiary/aromatic N) is 3. The smallest absolute Gasteiger partial charge is 0.174 e. The van der Waals surface area contributed by atoms with E-state index in [1.165, 1.54) is 0 Å². The van der Waals surface area contributed by atoms with E-state index in [9.17, 15) is 0 Å². The summed E-state index contributed by atoms with van der Waals surface area (Å²) in [5.74, 6) is 0.867. The van der Waals surface area contributed by atoms with E-state index in [1.807, 2.05) is 61.7 Å². The van der Waals surface area contributed by atoms with Gasteiger partial charge in [-0.3, -0.25) is 4.98 Å². The van der Waals surface area contributed by atoms with Crippen LogP contribution in [0.4, 0.5) is 5.69 Å². The number of hydrogen-bond acceptors (Lipinski definition) is 3. The molecule has 1 saturated heterocycles. The number of nitrogens with one attached hydrogen (secondary N) is 1. The quantitative estimate of drug-likeness (QED) is 0.404. The Morgan fingerprint density at radius 2 is 1.69 bits per heavy atom. The normalized spacial score (nSPS) is 17.9. The summed E-state index contributed by atoms with van der Waals surface area (Å²) >= 11 is 5.82. The second kappa shape index (κ2) is 8.85. The van der Waals surface area contributed by atoms with Crippen molar-refractivity contribution in [3.8, 4) is 11.4 Å². The van der Waals surface area contributed by atoms with Crippen molar-refractivity contribution in [2.45, 2.75) is 19.0 Å². The summed E-state index contributed by atoms with van der Waals surface area (Å²) in [5.41, 5.74) is 4.20. The first-order chi connectivity index (χ1) is 15.8. The second-order valence-electron chi connectivity index (χ2n) is 7.56. The first-order valence-electron chi connectivity index (χ1n) is 10.7. The third kappa shape index (κ3) is 3.74. The molecule has 160 valence electrons. The van der Waals surface area contributed by atoms with E-state index in [2.05, 4.69) is 62.4 Å². The zero-order valence-electron chi connectivity index (χ0n) is 17.8. The Morgan fingerprint density at radius 3 is 2.41 bits per heavy atom. The van der Waals surface area contributed by atoms with Crippen molar-refractivity contribution in [2.24, 2.45) is 0 Å². The van der Waals surface area contributed by atoms with Crippen molar-refractivity contribution >= 4 is 23.0 Å². The molecule has 6 heteroatoms. The van der Waals surface area contributed by atoms with Crippen molar-refractivity contribution in [1.29, 1.82) is 0 Å². The van der Waals surface area contributed by atoms with Gasteiger partial charge in [0.1, 0.15) is 11.8 Å². The van der Waals surface area contributed by atoms with Crippen LogP contribution >= 0.6 is 12.2 Å². The maximum absolute atomic E-state index is 5.82. The molecule has 0 bridgehead atoms. The van der Waals surface area contributed by atoms with E-state index in [4.69, 9.17) is 17.0 Å². The van der Waals surface area contributed by atoms with E-state index in [-0.39, 0.29) is 12.1 Å². The maximum Gasteiger partial charge on any atom is 0.174 e.